The molecule has 0 aromatic heterocycles. The number of nitrogens with one attached hydrogen (secondary N) is 1. The summed E-state index contributed by atoms with van der Waals surface area (Å²) in [5, 5.41) is 3.54. The van der Waals surface area contributed by atoms with E-state index >= 15 is 0 Å². The molecule has 1 unspecified atom stereocenters. The number of aryl methyl sites for hydroxylation is 1. The van der Waals surface area contributed by atoms with Crippen LogP contribution < -0.4 is 11.1 Å². The van der Waals surface area contributed by atoms with Crippen molar-refractivity contribution in [3.05, 3.63) is 70.8 Å². The van der Waals surface area contributed by atoms with Gasteiger partial charge in [-0.3, -0.25) is 9.69 Å². The summed E-state index contributed by atoms with van der Waals surface area (Å²) in [6.45, 7) is 6.59. The number of nitrogens with zero attached hydrogens (tertiary/aromatic N) is 1. The summed E-state index contributed by atoms with van der Waals surface area (Å²) < 4.78 is 0. The standard InChI is InChI=1S/C22H29N3O/c1-17-6-2-3-9-20(17)14-24-13-18-7-4-8-19(12-18)15-25-11-5-10-21(16-25)22(23)26/h2-4,6-9,12,21,24H,5,10-11,13-16H2,1H3,(H2,23,26). The minimum absolute atomic E-state index is 0.00251. The lowest BCUT2D eigenvalue weighted by Crippen LogP contribution is -2.40. The second-order valence-corrected chi connectivity index (χ2v) is 7.33. The van der Waals surface area contributed by atoms with Gasteiger partial charge in [0.25, 0.3) is 0 Å². The van der Waals surface area contributed by atoms with Crippen LogP contribution in [0.1, 0.15) is 35.1 Å². The molecule has 1 aliphatic rings. The molecule has 3 rings (SSSR count). The average molecular weight is 351 g/mol. The maximum Gasteiger partial charge on any atom is 0.221 e. The fourth-order valence-corrected chi connectivity index (χ4v) is 3.68. The molecule has 2 aromatic carbocycles. The molecular formula is C22H29N3O. The van der Waals surface area contributed by atoms with Crippen molar-refractivity contribution in [1.29, 1.82) is 0 Å². The van der Waals surface area contributed by atoms with E-state index in [0.29, 0.717) is 0 Å². The number of hydrogen-bond acceptors (Lipinski definition) is 3. The molecule has 0 aliphatic carbocycles. The molecular weight excluding hydrogens is 322 g/mol. The summed E-state index contributed by atoms with van der Waals surface area (Å²) in [7, 11) is 0. The summed E-state index contributed by atoms with van der Waals surface area (Å²) in [4.78, 5) is 13.8. The Hall–Kier alpha value is -2.17. The highest BCUT2D eigenvalue weighted by Gasteiger charge is 2.23. The van der Waals surface area contributed by atoms with Gasteiger partial charge in [0.1, 0.15) is 0 Å². The number of benzene rings is 2. The highest BCUT2D eigenvalue weighted by atomic mass is 16.1. The van der Waals surface area contributed by atoms with Crippen LogP contribution in [-0.4, -0.2) is 23.9 Å². The lowest BCUT2D eigenvalue weighted by Gasteiger charge is -2.31. The summed E-state index contributed by atoms with van der Waals surface area (Å²) in [5.74, 6) is -0.161. The Kier molecular flexibility index (Phi) is 6.42. The SMILES string of the molecule is Cc1ccccc1CNCc1cccc(CN2CCCC(C(N)=O)C2)c1. The highest BCUT2D eigenvalue weighted by molar-refractivity contribution is 5.76. The molecule has 138 valence electrons. The first-order valence-electron chi connectivity index (χ1n) is 9.46. The molecule has 2 aromatic rings. The van der Waals surface area contributed by atoms with Crippen LogP contribution >= 0.6 is 0 Å². The zero-order valence-corrected chi connectivity index (χ0v) is 15.6. The molecule has 3 N–H and O–H groups in total. The summed E-state index contributed by atoms with van der Waals surface area (Å²) in [5.41, 5.74) is 10.7. The minimum Gasteiger partial charge on any atom is -0.369 e. The number of primary amides is 1. The second-order valence-electron chi connectivity index (χ2n) is 7.33. The third-order valence-corrected chi connectivity index (χ3v) is 5.21. The van der Waals surface area contributed by atoms with E-state index in [0.717, 1.165) is 45.6 Å². The average Bonchev–Trinajstić information content (AvgIpc) is 2.64. The van der Waals surface area contributed by atoms with Crippen molar-refractivity contribution in [2.24, 2.45) is 11.7 Å². The van der Waals surface area contributed by atoms with Crippen LogP contribution in [-0.2, 0) is 24.4 Å². The smallest absolute Gasteiger partial charge is 0.221 e. The maximum atomic E-state index is 11.5. The van der Waals surface area contributed by atoms with Crippen LogP contribution in [0.4, 0.5) is 0 Å². The van der Waals surface area contributed by atoms with Crippen LogP contribution in [0.25, 0.3) is 0 Å². The first-order chi connectivity index (χ1) is 12.6. The largest absolute Gasteiger partial charge is 0.369 e. The summed E-state index contributed by atoms with van der Waals surface area (Å²) >= 11 is 0. The van der Waals surface area contributed by atoms with Gasteiger partial charge in [-0.25, -0.2) is 0 Å². The number of hydrogen-bond donors (Lipinski definition) is 2. The predicted octanol–water partition coefficient (Wildman–Crippen LogP) is 2.98. The summed E-state index contributed by atoms with van der Waals surface area (Å²) in [6.07, 6.45) is 1.97. The van der Waals surface area contributed by atoms with Gasteiger partial charge in [-0.05, 0) is 48.6 Å². The first-order valence-corrected chi connectivity index (χ1v) is 9.46. The number of amides is 1. The van der Waals surface area contributed by atoms with Gasteiger partial charge in [0.2, 0.25) is 5.91 Å². The number of likely N-dealkylation sites (tertiary alicyclic amines) is 1. The van der Waals surface area contributed by atoms with Crippen LogP contribution in [0, 0.1) is 12.8 Å². The van der Waals surface area contributed by atoms with E-state index in [4.69, 9.17) is 5.73 Å². The monoisotopic (exact) mass is 351 g/mol. The minimum atomic E-state index is -0.163. The van der Waals surface area contributed by atoms with Gasteiger partial charge < -0.3 is 11.1 Å². The third kappa shape index (κ3) is 5.16. The zero-order valence-electron chi connectivity index (χ0n) is 15.6. The Labute approximate surface area is 156 Å². The van der Waals surface area contributed by atoms with Crippen LogP contribution in [0.5, 0.6) is 0 Å². The molecule has 1 saturated heterocycles. The highest BCUT2D eigenvalue weighted by Crippen LogP contribution is 2.19. The Bertz CT molecular complexity index is 744. The number of nitrogens with two attached hydrogens (primary N) is 1. The lowest BCUT2D eigenvalue weighted by molar-refractivity contribution is -0.123. The molecule has 1 fully saturated rings. The molecule has 0 saturated carbocycles. The van der Waals surface area contributed by atoms with Gasteiger partial charge in [-0.2, -0.15) is 0 Å². The van der Waals surface area contributed by atoms with E-state index in [-0.39, 0.29) is 11.8 Å². The quantitative estimate of drug-likeness (QED) is 0.806. The van der Waals surface area contributed by atoms with E-state index in [1.54, 1.807) is 0 Å². The molecule has 0 radical (unpaired) electrons. The van der Waals surface area contributed by atoms with E-state index in [1.807, 2.05) is 0 Å². The molecule has 1 atom stereocenters. The molecule has 26 heavy (non-hydrogen) atoms. The number of carbonyl (C=O) groups is 1. The van der Waals surface area contributed by atoms with E-state index in [9.17, 15) is 4.79 Å². The van der Waals surface area contributed by atoms with E-state index < -0.39 is 0 Å². The Morgan fingerprint density at radius 1 is 1.15 bits per heavy atom. The Morgan fingerprint density at radius 2 is 1.96 bits per heavy atom. The predicted molar refractivity (Wildman–Crippen MR) is 105 cm³/mol. The van der Waals surface area contributed by atoms with Crippen molar-refractivity contribution in [2.45, 2.75) is 39.4 Å². The molecule has 0 spiro atoms. The molecule has 1 amide bonds. The number of rotatable bonds is 7. The number of piperidine rings is 1. The topological polar surface area (TPSA) is 58.4 Å². The van der Waals surface area contributed by atoms with Gasteiger partial charge in [0.05, 0.1) is 5.92 Å². The van der Waals surface area contributed by atoms with E-state index in [1.165, 1.54) is 22.3 Å². The van der Waals surface area contributed by atoms with Crippen LogP contribution in [0.15, 0.2) is 48.5 Å². The molecule has 4 nitrogen and oxygen atoms in total. The van der Waals surface area contributed by atoms with Gasteiger partial charge in [-0.15, -0.1) is 0 Å². The summed E-state index contributed by atoms with van der Waals surface area (Å²) in [6, 6.07) is 17.2. The van der Waals surface area contributed by atoms with Crippen molar-refractivity contribution in [3.8, 4) is 0 Å². The van der Waals surface area contributed by atoms with Crippen LogP contribution in [0.3, 0.4) is 0 Å². The third-order valence-electron chi connectivity index (χ3n) is 5.21. The Balaban J connectivity index is 1.53. The van der Waals surface area contributed by atoms with Gasteiger partial charge >= 0.3 is 0 Å². The second kappa shape index (κ2) is 8.97. The van der Waals surface area contributed by atoms with Crippen molar-refractivity contribution in [1.82, 2.24) is 10.2 Å². The van der Waals surface area contributed by atoms with Crippen LogP contribution in [0.2, 0.25) is 0 Å². The van der Waals surface area contributed by atoms with Gasteiger partial charge in [0, 0.05) is 26.2 Å². The van der Waals surface area contributed by atoms with Crippen molar-refractivity contribution in [2.75, 3.05) is 13.1 Å². The Morgan fingerprint density at radius 3 is 2.77 bits per heavy atom. The van der Waals surface area contributed by atoms with E-state index in [2.05, 4.69) is 65.7 Å². The van der Waals surface area contributed by atoms with Crippen molar-refractivity contribution in [3.63, 3.8) is 0 Å². The maximum absolute atomic E-state index is 11.5. The lowest BCUT2D eigenvalue weighted by atomic mass is 9.97. The first kappa shape index (κ1) is 18.6. The normalized spacial score (nSPS) is 18.0. The molecule has 4 heteroatoms. The fraction of sp³-hybridized carbons (Fsp3) is 0.409. The van der Waals surface area contributed by atoms with Gasteiger partial charge in [0.15, 0.2) is 0 Å². The molecule has 1 heterocycles. The number of carbonyl (C=O) groups excluding carboxylic acids is 1. The van der Waals surface area contributed by atoms with Crippen molar-refractivity contribution < 1.29 is 4.79 Å². The van der Waals surface area contributed by atoms with Crippen molar-refractivity contribution >= 4 is 5.91 Å². The molecule has 0 bridgehead atoms. The molecule has 1 aliphatic heterocycles. The fourth-order valence-electron chi connectivity index (χ4n) is 3.68. The zero-order chi connectivity index (χ0) is 18.4. The van der Waals surface area contributed by atoms with Gasteiger partial charge in [-0.1, -0.05) is 48.5 Å².